The van der Waals surface area contributed by atoms with Crippen LogP contribution in [0.2, 0.25) is 5.02 Å². The molecule has 4 rings (SSSR count). The summed E-state index contributed by atoms with van der Waals surface area (Å²) in [6.45, 7) is 2.51. The molecule has 158 valence electrons. The molecule has 0 aliphatic rings. The summed E-state index contributed by atoms with van der Waals surface area (Å²) in [5, 5.41) is 5.99. The van der Waals surface area contributed by atoms with E-state index in [4.69, 9.17) is 11.6 Å². The van der Waals surface area contributed by atoms with Crippen LogP contribution in [0.5, 0.6) is 0 Å². The third kappa shape index (κ3) is 5.18. The Morgan fingerprint density at radius 2 is 2.00 bits per heavy atom. The lowest BCUT2D eigenvalue weighted by Gasteiger charge is -2.12. The zero-order chi connectivity index (χ0) is 21.8. The van der Waals surface area contributed by atoms with Crippen LogP contribution < -0.4 is 10.9 Å². The third-order valence-corrected chi connectivity index (χ3v) is 6.77. The highest BCUT2D eigenvalue weighted by molar-refractivity contribution is 7.99. The van der Waals surface area contributed by atoms with Crippen molar-refractivity contribution in [2.75, 3.05) is 12.3 Å². The molecule has 0 bridgehead atoms. The second kappa shape index (κ2) is 9.68. The van der Waals surface area contributed by atoms with Crippen molar-refractivity contribution in [1.29, 1.82) is 0 Å². The summed E-state index contributed by atoms with van der Waals surface area (Å²) in [6, 6.07) is 17.1. The number of amides is 1. The monoisotopic (exact) mass is 469 g/mol. The van der Waals surface area contributed by atoms with Crippen LogP contribution in [-0.4, -0.2) is 27.8 Å². The molecule has 2 aromatic carbocycles. The van der Waals surface area contributed by atoms with Gasteiger partial charge in [0.25, 0.3) is 5.56 Å². The lowest BCUT2D eigenvalue weighted by atomic mass is 10.1. The van der Waals surface area contributed by atoms with E-state index in [2.05, 4.69) is 10.3 Å². The smallest absolute Gasteiger partial charge is 0.276 e. The van der Waals surface area contributed by atoms with E-state index in [1.54, 1.807) is 4.57 Å². The van der Waals surface area contributed by atoms with Crippen molar-refractivity contribution in [1.82, 2.24) is 14.9 Å². The molecule has 8 heteroatoms. The van der Waals surface area contributed by atoms with Crippen LogP contribution in [0.4, 0.5) is 0 Å². The van der Waals surface area contributed by atoms with Gasteiger partial charge in [0.05, 0.1) is 17.0 Å². The van der Waals surface area contributed by atoms with Crippen molar-refractivity contribution >= 4 is 50.8 Å². The number of aromatic nitrogens is 2. The van der Waals surface area contributed by atoms with Gasteiger partial charge in [-0.2, -0.15) is 0 Å². The van der Waals surface area contributed by atoms with Gasteiger partial charge in [0.15, 0.2) is 5.16 Å². The molecule has 0 aliphatic carbocycles. The second-order valence-corrected chi connectivity index (χ2v) is 9.32. The van der Waals surface area contributed by atoms with Crippen LogP contribution in [0.1, 0.15) is 11.1 Å². The predicted molar refractivity (Wildman–Crippen MR) is 129 cm³/mol. The number of hydrogen-bond donors (Lipinski definition) is 1. The van der Waals surface area contributed by atoms with Crippen molar-refractivity contribution in [2.45, 2.75) is 18.5 Å². The minimum Gasteiger partial charge on any atom is -0.355 e. The van der Waals surface area contributed by atoms with E-state index in [-0.39, 0.29) is 17.2 Å². The van der Waals surface area contributed by atoms with Crippen molar-refractivity contribution < 1.29 is 4.79 Å². The Morgan fingerprint density at radius 3 is 2.77 bits per heavy atom. The molecule has 0 radical (unpaired) electrons. The number of rotatable bonds is 7. The Morgan fingerprint density at radius 1 is 1.19 bits per heavy atom. The summed E-state index contributed by atoms with van der Waals surface area (Å²) in [6.07, 6.45) is 0.723. The van der Waals surface area contributed by atoms with E-state index < -0.39 is 0 Å². The van der Waals surface area contributed by atoms with Crippen LogP contribution >= 0.6 is 34.7 Å². The number of hydrogen-bond acceptors (Lipinski definition) is 5. The van der Waals surface area contributed by atoms with E-state index in [0.717, 1.165) is 23.2 Å². The van der Waals surface area contributed by atoms with Crippen molar-refractivity contribution in [2.24, 2.45) is 0 Å². The summed E-state index contributed by atoms with van der Waals surface area (Å²) in [5.41, 5.74) is 3.45. The van der Waals surface area contributed by atoms with Gasteiger partial charge in [-0.05, 0) is 60.2 Å². The topological polar surface area (TPSA) is 64.0 Å². The molecule has 2 heterocycles. The zero-order valence-corrected chi connectivity index (χ0v) is 19.2. The van der Waals surface area contributed by atoms with Crippen LogP contribution in [-0.2, 0) is 11.2 Å². The third-order valence-electron chi connectivity index (χ3n) is 4.69. The summed E-state index contributed by atoms with van der Waals surface area (Å²) >= 11 is 8.54. The Hall–Kier alpha value is -2.61. The first-order valence-corrected chi connectivity index (χ1v) is 12.0. The van der Waals surface area contributed by atoms with Gasteiger partial charge >= 0.3 is 0 Å². The summed E-state index contributed by atoms with van der Waals surface area (Å²) < 4.78 is 2.20. The van der Waals surface area contributed by atoms with Crippen molar-refractivity contribution in [3.05, 3.63) is 86.5 Å². The van der Waals surface area contributed by atoms with Crippen LogP contribution in [0, 0.1) is 6.92 Å². The maximum Gasteiger partial charge on any atom is 0.276 e. The first kappa shape index (κ1) is 21.6. The zero-order valence-electron chi connectivity index (χ0n) is 16.8. The Balaban J connectivity index is 1.48. The molecule has 0 fully saturated rings. The van der Waals surface area contributed by atoms with E-state index in [9.17, 15) is 9.59 Å². The number of carbonyl (C=O) groups excluding carboxylic acids is 1. The SMILES string of the molecule is Cc1cccc(-n2c(SCC(=O)NCCc3ccc(Cl)cc3)nc3ccsc3c2=O)c1. The van der Waals surface area contributed by atoms with Gasteiger partial charge in [0.2, 0.25) is 5.91 Å². The van der Waals surface area contributed by atoms with Crippen LogP contribution in [0.25, 0.3) is 15.9 Å². The fourth-order valence-corrected chi connectivity index (χ4v) is 4.89. The summed E-state index contributed by atoms with van der Waals surface area (Å²) in [7, 11) is 0. The summed E-state index contributed by atoms with van der Waals surface area (Å²) in [5.74, 6) is 0.0727. The van der Waals surface area contributed by atoms with Crippen molar-refractivity contribution in [3.8, 4) is 5.69 Å². The molecule has 2 aromatic heterocycles. The van der Waals surface area contributed by atoms with Gasteiger partial charge in [-0.15, -0.1) is 11.3 Å². The minimum atomic E-state index is -0.115. The number of thioether (sulfide) groups is 1. The average Bonchev–Trinajstić information content (AvgIpc) is 3.23. The number of thiophene rings is 1. The van der Waals surface area contributed by atoms with Gasteiger partial charge in [-0.25, -0.2) is 4.98 Å². The first-order valence-electron chi connectivity index (χ1n) is 9.72. The van der Waals surface area contributed by atoms with Gasteiger partial charge in [-0.1, -0.05) is 47.6 Å². The van der Waals surface area contributed by atoms with Crippen molar-refractivity contribution in [3.63, 3.8) is 0 Å². The van der Waals surface area contributed by atoms with Crippen LogP contribution in [0.3, 0.4) is 0 Å². The molecule has 1 N–H and O–H groups in total. The fourth-order valence-electron chi connectivity index (χ4n) is 3.16. The Bertz CT molecular complexity index is 1280. The predicted octanol–water partition coefficient (Wildman–Crippen LogP) is 4.86. The standard InChI is InChI=1S/C23H20ClN3O2S2/c1-15-3-2-4-18(13-15)27-22(29)21-19(10-12-30-21)26-23(27)31-14-20(28)25-11-9-16-5-7-17(24)8-6-16/h2-8,10,12-13H,9,11,14H2,1H3,(H,25,28). The maximum atomic E-state index is 13.1. The largest absolute Gasteiger partial charge is 0.355 e. The number of fused-ring (bicyclic) bond motifs is 1. The highest BCUT2D eigenvalue weighted by atomic mass is 35.5. The highest BCUT2D eigenvalue weighted by Gasteiger charge is 2.15. The van der Waals surface area contributed by atoms with E-state index in [1.807, 2.05) is 66.9 Å². The second-order valence-electron chi connectivity index (χ2n) is 7.02. The van der Waals surface area contributed by atoms with Gasteiger partial charge in [0, 0.05) is 11.6 Å². The van der Waals surface area contributed by atoms with E-state index in [1.165, 1.54) is 23.1 Å². The number of halogens is 1. The van der Waals surface area contributed by atoms with Crippen LogP contribution in [0.15, 0.2) is 69.9 Å². The Labute approximate surface area is 193 Å². The van der Waals surface area contributed by atoms with Gasteiger partial charge in [0.1, 0.15) is 4.70 Å². The van der Waals surface area contributed by atoms with Gasteiger partial charge in [-0.3, -0.25) is 14.2 Å². The number of nitrogens with one attached hydrogen (secondary N) is 1. The molecule has 1 amide bonds. The molecule has 0 saturated heterocycles. The summed E-state index contributed by atoms with van der Waals surface area (Å²) in [4.78, 5) is 30.2. The molecule has 0 spiro atoms. The lowest BCUT2D eigenvalue weighted by Crippen LogP contribution is -2.28. The molecule has 0 atom stereocenters. The minimum absolute atomic E-state index is 0.102. The van der Waals surface area contributed by atoms with E-state index in [0.29, 0.717) is 26.9 Å². The molecule has 0 saturated carbocycles. The molecular weight excluding hydrogens is 450 g/mol. The number of nitrogens with zero attached hydrogens (tertiary/aromatic N) is 2. The molecule has 5 nitrogen and oxygen atoms in total. The number of aryl methyl sites for hydroxylation is 1. The highest BCUT2D eigenvalue weighted by Crippen LogP contribution is 2.24. The molecule has 0 unspecified atom stereocenters. The normalized spacial score (nSPS) is 11.0. The Kier molecular flexibility index (Phi) is 6.75. The van der Waals surface area contributed by atoms with Gasteiger partial charge < -0.3 is 5.32 Å². The first-order chi connectivity index (χ1) is 15.0. The fraction of sp³-hybridized carbons (Fsp3) is 0.174. The van der Waals surface area contributed by atoms with E-state index >= 15 is 0 Å². The average molecular weight is 470 g/mol. The number of benzene rings is 2. The quantitative estimate of drug-likeness (QED) is 0.310. The molecule has 31 heavy (non-hydrogen) atoms. The lowest BCUT2D eigenvalue weighted by molar-refractivity contribution is -0.118. The number of carbonyl (C=O) groups is 1. The molecule has 4 aromatic rings. The molecular formula is C23H20ClN3O2S2. The molecule has 0 aliphatic heterocycles. The maximum absolute atomic E-state index is 13.1.